The van der Waals surface area contributed by atoms with Gasteiger partial charge < -0.3 is 19.7 Å². The van der Waals surface area contributed by atoms with Crippen molar-refractivity contribution in [3.8, 4) is 0 Å². The third kappa shape index (κ3) is 5.72. The van der Waals surface area contributed by atoms with Crippen LogP contribution >= 0.6 is 24.0 Å². The number of rotatable bonds is 7. The van der Waals surface area contributed by atoms with Gasteiger partial charge >= 0.3 is 0 Å². The van der Waals surface area contributed by atoms with E-state index < -0.39 is 0 Å². The first kappa shape index (κ1) is 21.3. The molecule has 0 fully saturated rings. The van der Waals surface area contributed by atoms with Crippen LogP contribution in [0, 0.1) is 0 Å². The molecule has 7 heteroatoms. The van der Waals surface area contributed by atoms with Gasteiger partial charge in [-0.15, -0.1) is 24.0 Å². The molecule has 0 radical (unpaired) electrons. The van der Waals surface area contributed by atoms with Crippen LogP contribution in [-0.4, -0.2) is 29.3 Å². The highest BCUT2D eigenvalue weighted by atomic mass is 127. The molecule has 2 N–H and O–H groups in total. The summed E-state index contributed by atoms with van der Waals surface area (Å²) in [6, 6.07) is 12.6. The van der Waals surface area contributed by atoms with Gasteiger partial charge in [0.25, 0.3) is 0 Å². The molecule has 3 aromatic rings. The first-order valence-corrected chi connectivity index (χ1v) is 9.11. The highest BCUT2D eigenvalue weighted by Crippen LogP contribution is 2.15. The molecule has 2 heterocycles. The second-order valence-electron chi connectivity index (χ2n) is 6.65. The number of nitrogens with one attached hydrogen (secondary N) is 2. The first-order valence-electron chi connectivity index (χ1n) is 9.11. The zero-order valence-electron chi connectivity index (χ0n) is 16.1. The average Bonchev–Trinajstić information content (AvgIpc) is 3.28. The Morgan fingerprint density at radius 3 is 2.78 bits per heavy atom. The molecule has 0 spiro atoms. The molecular formula is C20H28IN5O. The van der Waals surface area contributed by atoms with Crippen molar-refractivity contribution in [2.45, 2.75) is 39.3 Å². The number of hydrogen-bond acceptors (Lipinski definition) is 3. The summed E-state index contributed by atoms with van der Waals surface area (Å²) in [5.74, 6) is 1.95. The Morgan fingerprint density at radius 2 is 2.04 bits per heavy atom. The minimum absolute atomic E-state index is 0. The molecule has 1 aromatic carbocycles. The van der Waals surface area contributed by atoms with E-state index in [1.807, 2.05) is 6.07 Å². The number of aromatic nitrogens is 2. The van der Waals surface area contributed by atoms with E-state index in [0.29, 0.717) is 12.5 Å². The zero-order valence-corrected chi connectivity index (χ0v) is 18.4. The lowest BCUT2D eigenvalue weighted by molar-refractivity contribution is 0.372. The SMILES string of the molecule is CN=C(NCCCn1ccc2ccccc21)NCc1cc(C(C)C)no1.I. The smallest absolute Gasteiger partial charge is 0.191 e. The van der Waals surface area contributed by atoms with Crippen LogP contribution in [-0.2, 0) is 13.1 Å². The lowest BCUT2D eigenvalue weighted by Crippen LogP contribution is -2.37. The van der Waals surface area contributed by atoms with Gasteiger partial charge in [0.2, 0.25) is 0 Å². The van der Waals surface area contributed by atoms with Gasteiger partial charge in [-0.1, -0.05) is 37.2 Å². The van der Waals surface area contributed by atoms with Crippen molar-refractivity contribution in [2.75, 3.05) is 13.6 Å². The van der Waals surface area contributed by atoms with E-state index in [1.165, 1.54) is 10.9 Å². The minimum Gasteiger partial charge on any atom is -0.359 e. The Hall–Kier alpha value is -2.03. The molecule has 146 valence electrons. The van der Waals surface area contributed by atoms with Crippen LogP contribution in [0.3, 0.4) is 0 Å². The Labute approximate surface area is 177 Å². The zero-order chi connectivity index (χ0) is 18.4. The Balaban J connectivity index is 0.00000261. The number of benzene rings is 1. The van der Waals surface area contributed by atoms with Crippen LogP contribution in [0.1, 0.15) is 37.6 Å². The summed E-state index contributed by atoms with van der Waals surface area (Å²) in [6.45, 7) is 6.59. The number of fused-ring (bicyclic) bond motifs is 1. The largest absolute Gasteiger partial charge is 0.359 e. The molecule has 6 nitrogen and oxygen atoms in total. The Kier molecular flexibility index (Phi) is 8.15. The molecule has 0 bridgehead atoms. The lowest BCUT2D eigenvalue weighted by Gasteiger charge is -2.11. The summed E-state index contributed by atoms with van der Waals surface area (Å²) in [5.41, 5.74) is 2.25. The van der Waals surface area contributed by atoms with Gasteiger partial charge in [0.05, 0.1) is 12.2 Å². The molecule has 0 saturated carbocycles. The highest BCUT2D eigenvalue weighted by molar-refractivity contribution is 14.0. The molecule has 0 saturated heterocycles. The van der Waals surface area contributed by atoms with Crippen molar-refractivity contribution >= 4 is 40.8 Å². The standard InChI is InChI=1S/C20H27N5O.HI/c1-15(2)18-13-17(26-24-18)14-23-20(21-3)22-10-6-11-25-12-9-16-7-4-5-8-19(16)25;/h4-5,7-9,12-13,15H,6,10-11,14H2,1-3H3,(H2,21,22,23);1H. The average molecular weight is 481 g/mol. The molecule has 0 unspecified atom stereocenters. The van der Waals surface area contributed by atoms with Crippen molar-refractivity contribution in [1.29, 1.82) is 0 Å². The van der Waals surface area contributed by atoms with E-state index in [0.717, 1.165) is 36.9 Å². The van der Waals surface area contributed by atoms with Crippen LogP contribution in [0.4, 0.5) is 0 Å². The number of para-hydroxylation sites is 1. The molecule has 27 heavy (non-hydrogen) atoms. The number of nitrogens with zero attached hydrogens (tertiary/aromatic N) is 3. The molecule has 0 amide bonds. The van der Waals surface area contributed by atoms with E-state index in [4.69, 9.17) is 4.52 Å². The third-order valence-corrected chi connectivity index (χ3v) is 4.37. The highest BCUT2D eigenvalue weighted by Gasteiger charge is 2.08. The van der Waals surface area contributed by atoms with E-state index in [-0.39, 0.29) is 24.0 Å². The summed E-state index contributed by atoms with van der Waals surface area (Å²) in [4.78, 5) is 4.26. The van der Waals surface area contributed by atoms with Gasteiger partial charge in [0.1, 0.15) is 0 Å². The van der Waals surface area contributed by atoms with Crippen molar-refractivity contribution in [2.24, 2.45) is 4.99 Å². The maximum Gasteiger partial charge on any atom is 0.191 e. The molecule has 0 atom stereocenters. The van der Waals surface area contributed by atoms with Crippen LogP contribution in [0.5, 0.6) is 0 Å². The molecule has 0 aliphatic heterocycles. The van der Waals surface area contributed by atoms with Crippen LogP contribution in [0.2, 0.25) is 0 Å². The number of hydrogen-bond donors (Lipinski definition) is 2. The summed E-state index contributed by atoms with van der Waals surface area (Å²) >= 11 is 0. The van der Waals surface area contributed by atoms with Gasteiger partial charge in [0.15, 0.2) is 11.7 Å². The number of halogens is 1. The van der Waals surface area contributed by atoms with E-state index in [1.54, 1.807) is 7.05 Å². The fraction of sp³-hybridized carbons (Fsp3) is 0.400. The second kappa shape index (κ2) is 10.3. The second-order valence-corrected chi connectivity index (χ2v) is 6.65. The molecule has 3 rings (SSSR count). The van der Waals surface area contributed by atoms with Gasteiger partial charge in [-0.3, -0.25) is 4.99 Å². The number of aryl methyl sites for hydroxylation is 1. The predicted molar refractivity (Wildman–Crippen MR) is 121 cm³/mol. The van der Waals surface area contributed by atoms with Crippen LogP contribution < -0.4 is 10.6 Å². The maximum absolute atomic E-state index is 5.34. The van der Waals surface area contributed by atoms with Crippen LogP contribution in [0.15, 0.2) is 52.1 Å². The van der Waals surface area contributed by atoms with Gasteiger partial charge in [-0.05, 0) is 29.9 Å². The predicted octanol–water partition coefficient (Wildman–Crippen LogP) is 4.13. The van der Waals surface area contributed by atoms with E-state index in [9.17, 15) is 0 Å². The summed E-state index contributed by atoms with van der Waals surface area (Å²) in [7, 11) is 1.77. The first-order chi connectivity index (χ1) is 12.7. The monoisotopic (exact) mass is 481 g/mol. The number of guanidine groups is 1. The third-order valence-electron chi connectivity index (χ3n) is 4.37. The van der Waals surface area contributed by atoms with Crippen LogP contribution in [0.25, 0.3) is 10.9 Å². The molecule has 0 aliphatic rings. The van der Waals surface area contributed by atoms with Gasteiger partial charge in [-0.2, -0.15) is 0 Å². The Morgan fingerprint density at radius 1 is 1.22 bits per heavy atom. The normalized spacial score (nSPS) is 11.6. The van der Waals surface area contributed by atoms with Crippen molar-refractivity contribution < 1.29 is 4.52 Å². The number of aliphatic imine (C=N–C) groups is 1. The van der Waals surface area contributed by atoms with E-state index >= 15 is 0 Å². The molecular weight excluding hydrogens is 453 g/mol. The molecule has 0 aliphatic carbocycles. The van der Waals surface area contributed by atoms with Crippen molar-refractivity contribution in [3.63, 3.8) is 0 Å². The lowest BCUT2D eigenvalue weighted by atomic mass is 10.1. The fourth-order valence-electron chi connectivity index (χ4n) is 2.87. The maximum atomic E-state index is 5.34. The summed E-state index contributed by atoms with van der Waals surface area (Å²) < 4.78 is 7.62. The molecule has 2 aromatic heterocycles. The topological polar surface area (TPSA) is 67.4 Å². The fourth-order valence-corrected chi connectivity index (χ4v) is 2.87. The Bertz CT molecular complexity index is 868. The van der Waals surface area contributed by atoms with Crippen molar-refractivity contribution in [3.05, 3.63) is 54.0 Å². The minimum atomic E-state index is 0. The van der Waals surface area contributed by atoms with Gasteiger partial charge in [-0.25, -0.2) is 0 Å². The van der Waals surface area contributed by atoms with Gasteiger partial charge in [0, 0.05) is 37.9 Å². The van der Waals surface area contributed by atoms with Crippen molar-refractivity contribution in [1.82, 2.24) is 20.4 Å². The quantitative estimate of drug-likeness (QED) is 0.231. The summed E-state index contributed by atoms with van der Waals surface area (Å²) in [5, 5.41) is 12.0. The van der Waals surface area contributed by atoms with E-state index in [2.05, 4.69) is 75.7 Å². The summed E-state index contributed by atoms with van der Waals surface area (Å²) in [6.07, 6.45) is 3.16.